The molecular formula is C24H24N4O2S. The van der Waals surface area contributed by atoms with E-state index in [-0.39, 0.29) is 0 Å². The Morgan fingerprint density at radius 2 is 1.97 bits per heavy atom. The first-order valence-electron chi connectivity index (χ1n) is 10.3. The van der Waals surface area contributed by atoms with Crippen molar-refractivity contribution < 1.29 is 9.47 Å². The number of hydrogen-bond acceptors (Lipinski definition) is 7. The van der Waals surface area contributed by atoms with Gasteiger partial charge in [-0.05, 0) is 43.0 Å². The maximum absolute atomic E-state index is 5.65. The van der Waals surface area contributed by atoms with Gasteiger partial charge in [0.1, 0.15) is 10.6 Å². The molecule has 0 radical (unpaired) electrons. The van der Waals surface area contributed by atoms with E-state index in [0.717, 1.165) is 46.1 Å². The molecule has 0 aliphatic heterocycles. The predicted molar refractivity (Wildman–Crippen MR) is 124 cm³/mol. The molecule has 1 aromatic carbocycles. The second-order valence-corrected chi connectivity index (χ2v) is 8.74. The Morgan fingerprint density at radius 3 is 2.74 bits per heavy atom. The van der Waals surface area contributed by atoms with Crippen LogP contribution in [0, 0.1) is 0 Å². The van der Waals surface area contributed by atoms with Gasteiger partial charge < -0.3 is 14.4 Å². The number of methoxy groups -OCH3 is 2. The molecule has 5 rings (SSSR count). The topological polar surface area (TPSA) is 60.4 Å². The summed E-state index contributed by atoms with van der Waals surface area (Å²) in [6, 6.07) is 9.89. The molecule has 1 aliphatic carbocycles. The average Bonchev–Trinajstić information content (AvgIpc) is 3.40. The van der Waals surface area contributed by atoms with E-state index in [1.165, 1.54) is 22.2 Å². The quantitative estimate of drug-likeness (QED) is 0.432. The minimum atomic E-state index is 0.642. The van der Waals surface area contributed by atoms with E-state index in [2.05, 4.69) is 23.0 Å². The lowest BCUT2D eigenvalue weighted by atomic mass is 10.1. The molecule has 0 amide bonds. The van der Waals surface area contributed by atoms with Gasteiger partial charge in [0.15, 0.2) is 17.3 Å². The third kappa shape index (κ3) is 3.49. The van der Waals surface area contributed by atoms with Crippen LogP contribution in [0.4, 0.5) is 5.82 Å². The first-order valence-corrected chi connectivity index (χ1v) is 11.1. The second kappa shape index (κ2) is 8.15. The lowest BCUT2D eigenvalue weighted by Gasteiger charge is -2.22. The maximum Gasteiger partial charge on any atom is 0.165 e. The van der Waals surface area contributed by atoms with Crippen LogP contribution in [0.15, 0.2) is 42.7 Å². The largest absolute Gasteiger partial charge is 0.493 e. The van der Waals surface area contributed by atoms with Gasteiger partial charge in [-0.1, -0.05) is 12.1 Å². The predicted octanol–water partition coefficient (Wildman–Crippen LogP) is 4.90. The standard InChI is InChI=1S/C24H24N4O2S/c1-28(14-16-7-4-10-18(29-2)21(16)30-3)23-20-17-9-5-11-19(17)31-24(20)27-22(26-23)15-8-6-12-25-13-15/h4,6-8,10,12-13H,5,9,11,14H2,1-3H3. The van der Waals surface area contributed by atoms with E-state index in [0.29, 0.717) is 12.4 Å². The zero-order chi connectivity index (χ0) is 21.4. The Morgan fingerprint density at radius 1 is 1.06 bits per heavy atom. The molecule has 7 heteroatoms. The Kier molecular flexibility index (Phi) is 5.19. The lowest BCUT2D eigenvalue weighted by molar-refractivity contribution is 0.351. The summed E-state index contributed by atoms with van der Waals surface area (Å²) >= 11 is 1.80. The van der Waals surface area contributed by atoms with E-state index >= 15 is 0 Å². The number of rotatable bonds is 6. The summed E-state index contributed by atoms with van der Waals surface area (Å²) in [6.07, 6.45) is 7.01. The molecule has 0 saturated heterocycles. The Balaban J connectivity index is 1.63. The number of ether oxygens (including phenoxy) is 2. The molecule has 0 fully saturated rings. The minimum Gasteiger partial charge on any atom is -0.493 e. The zero-order valence-corrected chi connectivity index (χ0v) is 18.7. The van der Waals surface area contributed by atoms with E-state index in [9.17, 15) is 0 Å². The van der Waals surface area contributed by atoms with Crippen LogP contribution >= 0.6 is 11.3 Å². The normalized spacial score (nSPS) is 12.7. The smallest absolute Gasteiger partial charge is 0.165 e. The van der Waals surface area contributed by atoms with E-state index in [1.54, 1.807) is 31.8 Å². The van der Waals surface area contributed by atoms with Gasteiger partial charge in [-0.25, -0.2) is 9.97 Å². The van der Waals surface area contributed by atoms with Gasteiger partial charge in [-0.2, -0.15) is 0 Å². The van der Waals surface area contributed by atoms with Crippen molar-refractivity contribution in [1.29, 1.82) is 0 Å². The van der Waals surface area contributed by atoms with Crippen molar-refractivity contribution in [3.8, 4) is 22.9 Å². The summed E-state index contributed by atoms with van der Waals surface area (Å²) in [5, 5.41) is 1.19. The van der Waals surface area contributed by atoms with E-state index in [4.69, 9.17) is 19.4 Å². The van der Waals surface area contributed by atoms with Crippen molar-refractivity contribution >= 4 is 27.4 Å². The third-order valence-electron chi connectivity index (χ3n) is 5.72. The van der Waals surface area contributed by atoms with E-state index in [1.807, 2.05) is 30.5 Å². The number of thiophene rings is 1. The molecule has 0 spiro atoms. The molecule has 31 heavy (non-hydrogen) atoms. The van der Waals surface area contributed by atoms with Crippen LogP contribution in [0.2, 0.25) is 0 Å². The van der Waals surface area contributed by atoms with Crippen LogP contribution in [0.5, 0.6) is 11.5 Å². The molecule has 0 unspecified atom stereocenters. The molecular weight excluding hydrogens is 408 g/mol. The summed E-state index contributed by atoms with van der Waals surface area (Å²) < 4.78 is 11.1. The Labute approximate surface area is 185 Å². The molecule has 1 aliphatic rings. The van der Waals surface area contributed by atoms with Crippen molar-refractivity contribution in [3.05, 3.63) is 58.7 Å². The number of para-hydroxylation sites is 1. The molecule has 4 aromatic rings. The number of nitrogens with zero attached hydrogens (tertiary/aromatic N) is 4. The average molecular weight is 433 g/mol. The molecule has 3 heterocycles. The molecule has 6 nitrogen and oxygen atoms in total. The fourth-order valence-corrected chi connectivity index (χ4v) is 5.54. The zero-order valence-electron chi connectivity index (χ0n) is 17.9. The molecule has 0 atom stereocenters. The fourth-order valence-electron chi connectivity index (χ4n) is 4.29. The number of anilines is 1. The lowest BCUT2D eigenvalue weighted by Crippen LogP contribution is -2.19. The summed E-state index contributed by atoms with van der Waals surface area (Å²) in [7, 11) is 5.41. The Bertz CT molecular complexity index is 1240. The number of hydrogen-bond donors (Lipinski definition) is 0. The van der Waals surface area contributed by atoms with Gasteiger partial charge in [0.25, 0.3) is 0 Å². The first-order chi connectivity index (χ1) is 15.2. The molecule has 0 N–H and O–H groups in total. The van der Waals surface area contributed by atoms with Crippen molar-refractivity contribution in [2.75, 3.05) is 26.2 Å². The number of fused-ring (bicyclic) bond motifs is 3. The SMILES string of the molecule is COc1cccc(CN(C)c2nc(-c3cccnc3)nc3sc4c(c23)CCC4)c1OC. The Hall–Kier alpha value is -3.19. The van der Waals surface area contributed by atoms with Gasteiger partial charge in [0.2, 0.25) is 0 Å². The summed E-state index contributed by atoms with van der Waals surface area (Å²) in [5.74, 6) is 3.15. The van der Waals surface area contributed by atoms with Crippen LogP contribution in [-0.4, -0.2) is 36.2 Å². The maximum atomic E-state index is 5.65. The molecule has 0 saturated carbocycles. The van der Waals surface area contributed by atoms with Gasteiger partial charge in [0.05, 0.1) is 19.6 Å². The summed E-state index contributed by atoms with van der Waals surface area (Å²) in [5.41, 5.74) is 3.38. The van der Waals surface area contributed by atoms with Gasteiger partial charge in [-0.15, -0.1) is 11.3 Å². The van der Waals surface area contributed by atoms with Crippen molar-refractivity contribution in [2.45, 2.75) is 25.8 Å². The van der Waals surface area contributed by atoms with Gasteiger partial charge in [-0.3, -0.25) is 4.98 Å². The van der Waals surface area contributed by atoms with Gasteiger partial charge in [0, 0.05) is 42.0 Å². The van der Waals surface area contributed by atoms with Crippen molar-refractivity contribution in [3.63, 3.8) is 0 Å². The highest BCUT2D eigenvalue weighted by Crippen LogP contribution is 2.42. The summed E-state index contributed by atoms with van der Waals surface area (Å²) in [4.78, 5) is 18.9. The highest BCUT2D eigenvalue weighted by molar-refractivity contribution is 7.19. The van der Waals surface area contributed by atoms with Crippen LogP contribution in [0.3, 0.4) is 0 Å². The number of pyridine rings is 1. The van der Waals surface area contributed by atoms with Crippen molar-refractivity contribution in [2.24, 2.45) is 0 Å². The highest BCUT2D eigenvalue weighted by Gasteiger charge is 2.25. The van der Waals surface area contributed by atoms with Crippen LogP contribution in [-0.2, 0) is 19.4 Å². The van der Waals surface area contributed by atoms with Crippen molar-refractivity contribution in [1.82, 2.24) is 15.0 Å². The van der Waals surface area contributed by atoms with Crippen LogP contribution in [0.1, 0.15) is 22.4 Å². The molecule has 3 aromatic heterocycles. The number of aromatic nitrogens is 3. The molecule has 158 valence electrons. The highest BCUT2D eigenvalue weighted by atomic mass is 32.1. The third-order valence-corrected chi connectivity index (χ3v) is 6.90. The minimum absolute atomic E-state index is 0.642. The van der Waals surface area contributed by atoms with Crippen LogP contribution < -0.4 is 14.4 Å². The first kappa shape index (κ1) is 19.8. The number of benzene rings is 1. The van der Waals surface area contributed by atoms with E-state index < -0.39 is 0 Å². The fraction of sp³-hybridized carbons (Fsp3) is 0.292. The second-order valence-electron chi connectivity index (χ2n) is 7.66. The van der Waals surface area contributed by atoms with Gasteiger partial charge >= 0.3 is 0 Å². The number of aryl methyl sites for hydroxylation is 2. The van der Waals surface area contributed by atoms with Crippen LogP contribution in [0.25, 0.3) is 21.6 Å². The monoisotopic (exact) mass is 432 g/mol. The molecule has 0 bridgehead atoms. The summed E-state index contributed by atoms with van der Waals surface area (Å²) in [6.45, 7) is 0.642.